The summed E-state index contributed by atoms with van der Waals surface area (Å²) in [7, 11) is 4.02. The van der Waals surface area contributed by atoms with Crippen LogP contribution in [0, 0.1) is 11.6 Å². The van der Waals surface area contributed by atoms with E-state index in [2.05, 4.69) is 9.80 Å². The summed E-state index contributed by atoms with van der Waals surface area (Å²) >= 11 is 0. The van der Waals surface area contributed by atoms with Crippen molar-refractivity contribution in [1.29, 1.82) is 0 Å². The quantitative estimate of drug-likeness (QED) is 0.780. The van der Waals surface area contributed by atoms with Crippen LogP contribution in [0.3, 0.4) is 0 Å². The van der Waals surface area contributed by atoms with E-state index in [0.29, 0.717) is 6.04 Å². The van der Waals surface area contributed by atoms with Gasteiger partial charge in [0.1, 0.15) is 0 Å². The van der Waals surface area contributed by atoms with Crippen LogP contribution >= 0.6 is 0 Å². The van der Waals surface area contributed by atoms with E-state index in [1.807, 2.05) is 21.0 Å². The fraction of sp³-hybridized carbons (Fsp3) is 0.562. The number of nitrogens with zero attached hydrogens (tertiary/aromatic N) is 2. The molecule has 1 aromatic rings. The summed E-state index contributed by atoms with van der Waals surface area (Å²) in [4.78, 5) is 16.8. The maximum Gasteiger partial charge on any atom is 0.179 e. The van der Waals surface area contributed by atoms with Crippen molar-refractivity contribution in [2.45, 2.75) is 31.8 Å². The minimum absolute atomic E-state index is 0.153. The Morgan fingerprint density at radius 3 is 2.71 bits per heavy atom. The largest absolute Gasteiger partial charge is 0.308 e. The first kappa shape index (κ1) is 16.0. The molecule has 1 aromatic carbocycles. The molecule has 21 heavy (non-hydrogen) atoms. The second-order valence-electron chi connectivity index (χ2n) is 5.97. The Labute approximate surface area is 124 Å². The highest BCUT2D eigenvalue weighted by Crippen LogP contribution is 2.23. The molecular formula is C16H22F2N2O. The van der Waals surface area contributed by atoms with Gasteiger partial charge in [-0.3, -0.25) is 9.69 Å². The number of hydrogen-bond donors (Lipinski definition) is 0. The number of benzene rings is 1. The third-order valence-corrected chi connectivity index (χ3v) is 4.08. The predicted molar refractivity (Wildman–Crippen MR) is 78.4 cm³/mol. The number of Topliss-reactive ketones (excluding diaryl/α,β-unsaturated/α-hetero) is 1. The second-order valence-corrected chi connectivity index (χ2v) is 5.97. The van der Waals surface area contributed by atoms with Crippen LogP contribution in [0.25, 0.3) is 0 Å². The molecule has 2 atom stereocenters. The molecule has 0 amide bonds. The van der Waals surface area contributed by atoms with Crippen LogP contribution in [0.15, 0.2) is 18.2 Å². The highest BCUT2D eigenvalue weighted by molar-refractivity contribution is 5.99. The van der Waals surface area contributed by atoms with E-state index >= 15 is 0 Å². The van der Waals surface area contributed by atoms with Gasteiger partial charge < -0.3 is 4.90 Å². The first-order valence-electron chi connectivity index (χ1n) is 7.30. The van der Waals surface area contributed by atoms with E-state index in [1.54, 1.807) is 0 Å². The van der Waals surface area contributed by atoms with Crippen molar-refractivity contribution in [3.63, 3.8) is 0 Å². The number of hydrogen-bond acceptors (Lipinski definition) is 3. The molecule has 1 aliphatic rings. The summed E-state index contributed by atoms with van der Waals surface area (Å²) in [5.74, 6) is -2.05. The molecular weight excluding hydrogens is 274 g/mol. The predicted octanol–water partition coefficient (Wildman–Crippen LogP) is 2.56. The molecule has 0 radical (unpaired) electrons. The van der Waals surface area contributed by atoms with Gasteiger partial charge in [0.05, 0.1) is 6.04 Å². The van der Waals surface area contributed by atoms with Crippen LogP contribution in [-0.2, 0) is 0 Å². The number of halogens is 2. The van der Waals surface area contributed by atoms with Crippen molar-refractivity contribution < 1.29 is 13.6 Å². The smallest absolute Gasteiger partial charge is 0.179 e. The summed E-state index contributed by atoms with van der Waals surface area (Å²) in [5.41, 5.74) is 0.233. The fourth-order valence-corrected chi connectivity index (χ4v) is 3.03. The van der Waals surface area contributed by atoms with E-state index in [4.69, 9.17) is 0 Å². The number of likely N-dealkylation sites (tertiary alicyclic amines) is 1. The van der Waals surface area contributed by atoms with Gasteiger partial charge in [-0.25, -0.2) is 8.78 Å². The molecule has 0 spiro atoms. The van der Waals surface area contributed by atoms with Crippen LogP contribution in [0.4, 0.5) is 8.78 Å². The SMILES string of the molecule is CC(C(=O)c1ccc(F)c(F)c1)N1CCCC1CN(C)C. The van der Waals surface area contributed by atoms with Gasteiger partial charge in [-0.05, 0) is 58.6 Å². The number of likely N-dealkylation sites (N-methyl/N-ethyl adjacent to an activating group) is 1. The average Bonchev–Trinajstić information content (AvgIpc) is 2.87. The lowest BCUT2D eigenvalue weighted by Crippen LogP contribution is -2.46. The molecule has 0 saturated carbocycles. The van der Waals surface area contributed by atoms with Crippen molar-refractivity contribution in [2.75, 3.05) is 27.2 Å². The summed E-state index contributed by atoms with van der Waals surface area (Å²) in [5, 5.41) is 0. The fourth-order valence-electron chi connectivity index (χ4n) is 3.03. The first-order chi connectivity index (χ1) is 9.90. The molecule has 3 nitrogen and oxygen atoms in total. The van der Waals surface area contributed by atoms with E-state index in [0.717, 1.165) is 38.1 Å². The Kier molecular flexibility index (Phi) is 5.06. The number of rotatable bonds is 5. The molecule has 2 rings (SSSR count). The monoisotopic (exact) mass is 296 g/mol. The first-order valence-corrected chi connectivity index (χ1v) is 7.30. The van der Waals surface area contributed by atoms with Crippen molar-refractivity contribution in [2.24, 2.45) is 0 Å². The van der Waals surface area contributed by atoms with Gasteiger partial charge >= 0.3 is 0 Å². The Balaban J connectivity index is 2.12. The van der Waals surface area contributed by atoms with Gasteiger partial charge in [-0.2, -0.15) is 0 Å². The van der Waals surface area contributed by atoms with Gasteiger partial charge in [-0.15, -0.1) is 0 Å². The maximum atomic E-state index is 13.3. The van der Waals surface area contributed by atoms with Gasteiger partial charge in [0, 0.05) is 18.2 Å². The van der Waals surface area contributed by atoms with Gasteiger partial charge in [0.15, 0.2) is 17.4 Å². The number of ketones is 1. The van der Waals surface area contributed by atoms with Crippen molar-refractivity contribution >= 4 is 5.78 Å². The second kappa shape index (κ2) is 6.62. The Bertz CT molecular complexity index is 519. The van der Waals surface area contributed by atoms with E-state index in [1.165, 1.54) is 6.07 Å². The Hall–Kier alpha value is -1.33. The summed E-state index contributed by atoms with van der Waals surface area (Å²) < 4.78 is 26.2. The van der Waals surface area contributed by atoms with Gasteiger partial charge in [0.2, 0.25) is 0 Å². The zero-order valence-electron chi connectivity index (χ0n) is 12.8. The average molecular weight is 296 g/mol. The molecule has 0 aromatic heterocycles. The van der Waals surface area contributed by atoms with Crippen molar-refractivity contribution in [3.8, 4) is 0 Å². The standard InChI is InChI=1S/C16H22F2N2O/c1-11(20-8-4-5-13(20)10-19(2)3)16(21)12-6-7-14(17)15(18)9-12/h6-7,9,11,13H,4-5,8,10H2,1-3H3. The lowest BCUT2D eigenvalue weighted by molar-refractivity contribution is 0.0798. The molecule has 2 unspecified atom stereocenters. The third-order valence-electron chi connectivity index (χ3n) is 4.08. The highest BCUT2D eigenvalue weighted by atomic mass is 19.2. The molecule has 1 fully saturated rings. The Morgan fingerprint density at radius 1 is 1.38 bits per heavy atom. The Morgan fingerprint density at radius 2 is 2.10 bits per heavy atom. The van der Waals surface area contributed by atoms with E-state index in [9.17, 15) is 13.6 Å². The van der Waals surface area contributed by atoms with Crippen LogP contribution in [0.2, 0.25) is 0 Å². The normalized spacial score (nSPS) is 21.0. The molecule has 1 saturated heterocycles. The minimum atomic E-state index is -0.973. The number of carbonyl (C=O) groups is 1. The summed E-state index contributed by atoms with van der Waals surface area (Å²) in [6.07, 6.45) is 2.13. The molecule has 5 heteroatoms. The maximum absolute atomic E-state index is 13.3. The van der Waals surface area contributed by atoms with Crippen LogP contribution in [0.5, 0.6) is 0 Å². The zero-order valence-corrected chi connectivity index (χ0v) is 12.8. The van der Waals surface area contributed by atoms with Crippen LogP contribution < -0.4 is 0 Å². The minimum Gasteiger partial charge on any atom is -0.308 e. The van der Waals surface area contributed by atoms with Crippen LogP contribution in [0.1, 0.15) is 30.1 Å². The van der Waals surface area contributed by atoms with Crippen molar-refractivity contribution in [3.05, 3.63) is 35.4 Å². The van der Waals surface area contributed by atoms with Gasteiger partial charge in [-0.1, -0.05) is 0 Å². The topological polar surface area (TPSA) is 23.6 Å². The van der Waals surface area contributed by atoms with Gasteiger partial charge in [0.25, 0.3) is 0 Å². The molecule has 0 aliphatic carbocycles. The summed E-state index contributed by atoms with van der Waals surface area (Å²) in [6, 6.07) is 3.38. The summed E-state index contributed by atoms with van der Waals surface area (Å²) in [6.45, 7) is 3.61. The third kappa shape index (κ3) is 3.66. The molecule has 1 heterocycles. The molecule has 116 valence electrons. The molecule has 0 N–H and O–H groups in total. The lowest BCUT2D eigenvalue weighted by atomic mass is 10.0. The molecule has 0 bridgehead atoms. The van der Waals surface area contributed by atoms with Crippen molar-refractivity contribution in [1.82, 2.24) is 9.80 Å². The number of carbonyl (C=O) groups excluding carboxylic acids is 1. The van der Waals surface area contributed by atoms with E-state index in [-0.39, 0.29) is 17.4 Å². The molecule has 1 aliphatic heterocycles. The zero-order chi connectivity index (χ0) is 15.6. The highest BCUT2D eigenvalue weighted by Gasteiger charge is 2.32. The van der Waals surface area contributed by atoms with Crippen LogP contribution in [-0.4, -0.2) is 54.9 Å². The van der Waals surface area contributed by atoms with E-state index < -0.39 is 11.6 Å². The lowest BCUT2D eigenvalue weighted by Gasteiger charge is -2.31.